The zero-order valence-corrected chi connectivity index (χ0v) is 10.4. The number of rotatable bonds is 5. The van der Waals surface area contributed by atoms with Crippen LogP contribution in [-0.2, 0) is 13.1 Å². The summed E-state index contributed by atoms with van der Waals surface area (Å²) >= 11 is 0. The van der Waals surface area contributed by atoms with Crippen molar-refractivity contribution in [3.63, 3.8) is 0 Å². The molecule has 1 aromatic carbocycles. The quantitative estimate of drug-likeness (QED) is 0.898. The molecule has 0 spiro atoms. The fraction of sp³-hybridized carbons (Fsp3) is 0.357. The van der Waals surface area contributed by atoms with E-state index in [0.29, 0.717) is 18.2 Å². The van der Waals surface area contributed by atoms with Gasteiger partial charge in [0.2, 0.25) is 0 Å². The topological polar surface area (TPSA) is 29.9 Å². The Morgan fingerprint density at radius 2 is 2.05 bits per heavy atom. The number of halogens is 2. The smallest absolute Gasteiger partial charge is 0.159 e. The highest BCUT2D eigenvalue weighted by Crippen LogP contribution is 2.19. The molecule has 19 heavy (non-hydrogen) atoms. The summed E-state index contributed by atoms with van der Waals surface area (Å²) in [5.74, 6) is -1.64. The molecule has 3 rings (SSSR count). The molecular formula is C14H15F2N3. The molecule has 0 atom stereocenters. The molecule has 5 heteroatoms. The van der Waals surface area contributed by atoms with Crippen LogP contribution in [0.25, 0.3) is 0 Å². The minimum Gasteiger partial charge on any atom is -0.310 e. The van der Waals surface area contributed by atoms with Crippen LogP contribution < -0.4 is 5.32 Å². The molecular weight excluding hydrogens is 248 g/mol. The average molecular weight is 263 g/mol. The van der Waals surface area contributed by atoms with Crippen molar-refractivity contribution in [3.8, 4) is 0 Å². The summed E-state index contributed by atoms with van der Waals surface area (Å²) in [6, 6.07) is 4.58. The van der Waals surface area contributed by atoms with Gasteiger partial charge in [-0.1, -0.05) is 6.07 Å². The van der Waals surface area contributed by atoms with Crippen LogP contribution in [0.3, 0.4) is 0 Å². The van der Waals surface area contributed by atoms with Crippen LogP contribution in [0, 0.1) is 11.6 Å². The maximum atomic E-state index is 13.1. The zero-order chi connectivity index (χ0) is 13.2. The van der Waals surface area contributed by atoms with Crippen LogP contribution >= 0.6 is 0 Å². The number of hydrogen-bond acceptors (Lipinski definition) is 2. The van der Waals surface area contributed by atoms with E-state index in [1.54, 1.807) is 16.9 Å². The SMILES string of the molecule is Fc1ccc(Cn2cc(CNC3CC3)cn2)cc1F. The van der Waals surface area contributed by atoms with E-state index in [-0.39, 0.29) is 0 Å². The molecule has 0 radical (unpaired) electrons. The Morgan fingerprint density at radius 1 is 1.21 bits per heavy atom. The first-order valence-corrected chi connectivity index (χ1v) is 6.39. The van der Waals surface area contributed by atoms with E-state index in [4.69, 9.17) is 0 Å². The van der Waals surface area contributed by atoms with E-state index in [1.165, 1.54) is 18.9 Å². The molecule has 1 saturated carbocycles. The first-order valence-electron chi connectivity index (χ1n) is 6.39. The van der Waals surface area contributed by atoms with Gasteiger partial charge in [-0.2, -0.15) is 5.10 Å². The largest absolute Gasteiger partial charge is 0.310 e. The Balaban J connectivity index is 1.63. The summed E-state index contributed by atoms with van der Waals surface area (Å²) in [6.45, 7) is 1.25. The third kappa shape index (κ3) is 3.17. The lowest BCUT2D eigenvalue weighted by molar-refractivity contribution is 0.506. The van der Waals surface area contributed by atoms with Crippen molar-refractivity contribution in [2.24, 2.45) is 0 Å². The second-order valence-electron chi connectivity index (χ2n) is 4.95. The molecule has 1 heterocycles. The van der Waals surface area contributed by atoms with Gasteiger partial charge in [0.05, 0.1) is 12.7 Å². The van der Waals surface area contributed by atoms with Crippen molar-refractivity contribution >= 4 is 0 Å². The molecule has 0 bridgehead atoms. The Bertz CT molecular complexity index is 576. The van der Waals surface area contributed by atoms with Gasteiger partial charge < -0.3 is 5.32 Å². The third-order valence-electron chi connectivity index (χ3n) is 3.19. The lowest BCUT2D eigenvalue weighted by Gasteiger charge is -2.02. The lowest BCUT2D eigenvalue weighted by Crippen LogP contribution is -2.14. The highest BCUT2D eigenvalue weighted by molar-refractivity contribution is 5.18. The molecule has 1 aliphatic rings. The molecule has 0 amide bonds. The Hall–Kier alpha value is -1.75. The van der Waals surface area contributed by atoms with E-state index in [0.717, 1.165) is 18.2 Å². The normalized spacial score (nSPS) is 14.8. The van der Waals surface area contributed by atoms with Gasteiger partial charge in [-0.25, -0.2) is 8.78 Å². The van der Waals surface area contributed by atoms with Gasteiger partial charge in [0.15, 0.2) is 11.6 Å². The lowest BCUT2D eigenvalue weighted by atomic mass is 10.2. The molecule has 1 fully saturated rings. The van der Waals surface area contributed by atoms with E-state index >= 15 is 0 Å². The molecule has 0 saturated heterocycles. The monoisotopic (exact) mass is 263 g/mol. The van der Waals surface area contributed by atoms with Crippen LogP contribution in [0.5, 0.6) is 0 Å². The van der Waals surface area contributed by atoms with Gasteiger partial charge in [-0.05, 0) is 30.5 Å². The van der Waals surface area contributed by atoms with E-state index < -0.39 is 11.6 Å². The summed E-state index contributed by atoms with van der Waals surface area (Å²) in [7, 11) is 0. The number of nitrogens with zero attached hydrogens (tertiary/aromatic N) is 2. The third-order valence-corrected chi connectivity index (χ3v) is 3.19. The van der Waals surface area contributed by atoms with Crippen molar-refractivity contribution in [1.29, 1.82) is 0 Å². The molecule has 1 aromatic heterocycles. The Kier molecular flexibility index (Phi) is 3.29. The van der Waals surface area contributed by atoms with Crippen molar-refractivity contribution in [2.75, 3.05) is 0 Å². The summed E-state index contributed by atoms with van der Waals surface area (Å²) in [4.78, 5) is 0. The molecule has 2 aromatic rings. The van der Waals surface area contributed by atoms with Crippen LogP contribution in [0.15, 0.2) is 30.6 Å². The number of hydrogen-bond donors (Lipinski definition) is 1. The predicted molar refractivity (Wildman–Crippen MR) is 67.5 cm³/mol. The second kappa shape index (κ2) is 5.09. The van der Waals surface area contributed by atoms with Gasteiger partial charge in [-0.3, -0.25) is 4.68 Å². The average Bonchev–Trinajstić information content (AvgIpc) is 3.12. The first-order chi connectivity index (χ1) is 9.20. The summed E-state index contributed by atoms with van der Waals surface area (Å²) < 4.78 is 27.6. The minimum absolute atomic E-state index is 0.445. The zero-order valence-electron chi connectivity index (χ0n) is 10.4. The number of aromatic nitrogens is 2. The van der Waals surface area contributed by atoms with E-state index in [2.05, 4.69) is 10.4 Å². The maximum absolute atomic E-state index is 13.1. The van der Waals surface area contributed by atoms with Gasteiger partial charge >= 0.3 is 0 Å². The predicted octanol–water partition coefficient (Wildman–Crippen LogP) is 2.46. The molecule has 1 N–H and O–H groups in total. The summed E-state index contributed by atoms with van der Waals surface area (Å²) in [5.41, 5.74) is 1.80. The Labute approximate surface area is 110 Å². The Morgan fingerprint density at radius 3 is 2.79 bits per heavy atom. The van der Waals surface area contributed by atoms with E-state index in [1.807, 2.05) is 6.20 Å². The van der Waals surface area contributed by atoms with Crippen LogP contribution in [0.4, 0.5) is 8.78 Å². The second-order valence-corrected chi connectivity index (χ2v) is 4.95. The highest BCUT2D eigenvalue weighted by Gasteiger charge is 2.20. The van der Waals surface area contributed by atoms with Crippen molar-refractivity contribution in [2.45, 2.75) is 32.0 Å². The minimum atomic E-state index is -0.821. The van der Waals surface area contributed by atoms with Crippen LogP contribution in [0.2, 0.25) is 0 Å². The van der Waals surface area contributed by atoms with Gasteiger partial charge in [0.1, 0.15) is 0 Å². The summed E-state index contributed by atoms with van der Waals surface area (Å²) in [6.07, 6.45) is 6.23. The molecule has 1 aliphatic carbocycles. The van der Waals surface area contributed by atoms with E-state index in [9.17, 15) is 8.78 Å². The van der Waals surface area contributed by atoms with Crippen molar-refractivity contribution < 1.29 is 8.78 Å². The molecule has 0 unspecified atom stereocenters. The van der Waals surface area contributed by atoms with Gasteiger partial charge in [-0.15, -0.1) is 0 Å². The molecule has 3 nitrogen and oxygen atoms in total. The van der Waals surface area contributed by atoms with Crippen molar-refractivity contribution in [3.05, 3.63) is 53.4 Å². The van der Waals surface area contributed by atoms with Crippen LogP contribution in [0.1, 0.15) is 24.0 Å². The summed E-state index contributed by atoms with van der Waals surface area (Å²) in [5, 5.41) is 7.63. The fourth-order valence-corrected chi connectivity index (χ4v) is 1.96. The van der Waals surface area contributed by atoms with Gasteiger partial charge in [0, 0.05) is 24.3 Å². The standard InChI is InChI=1S/C14H15F2N3/c15-13-4-1-10(5-14(13)16)8-19-9-11(7-18-19)6-17-12-2-3-12/h1,4-5,7,9,12,17H,2-3,6,8H2. The van der Waals surface area contributed by atoms with Crippen LogP contribution in [-0.4, -0.2) is 15.8 Å². The number of nitrogens with one attached hydrogen (secondary N) is 1. The highest BCUT2D eigenvalue weighted by atomic mass is 19.2. The maximum Gasteiger partial charge on any atom is 0.159 e. The molecule has 100 valence electrons. The number of benzene rings is 1. The molecule has 0 aliphatic heterocycles. The van der Waals surface area contributed by atoms with Crippen molar-refractivity contribution in [1.82, 2.24) is 15.1 Å². The fourth-order valence-electron chi connectivity index (χ4n) is 1.96. The van der Waals surface area contributed by atoms with Gasteiger partial charge in [0.25, 0.3) is 0 Å². The first kappa shape index (κ1) is 12.3.